The van der Waals surface area contributed by atoms with Gasteiger partial charge in [0, 0.05) is 17.5 Å². The minimum Gasteiger partial charge on any atom is -0.477 e. The summed E-state index contributed by atoms with van der Waals surface area (Å²) in [6.45, 7) is 6.27. The molecule has 2 aliphatic carbocycles. The van der Waals surface area contributed by atoms with Gasteiger partial charge in [-0.1, -0.05) is 84.8 Å². The standard InChI is InChI=1S/C27H22ClF.C9H6N2O2/c1-3-27(2)13-12-21-20-10-8-17-6-4-5-7-19(17)23(20)15-22(24(21)16-27)18-9-11-26(29)25(28)14-18;12-9(13)8-4-3-6-7(11-8)2-1-5-10-6/h3-14,22H,1,15-16H2,2H3;1-5H,(H,12,13). The molecule has 42 heavy (non-hydrogen) atoms. The first-order valence-corrected chi connectivity index (χ1v) is 14.1. The van der Waals surface area contributed by atoms with Crippen LogP contribution in [0.15, 0.2) is 115 Å². The van der Waals surface area contributed by atoms with E-state index in [1.54, 1.807) is 30.5 Å². The molecule has 208 valence electrons. The topological polar surface area (TPSA) is 63.1 Å². The Morgan fingerprint density at radius 1 is 1.07 bits per heavy atom. The second-order valence-electron chi connectivity index (χ2n) is 10.9. The van der Waals surface area contributed by atoms with Crippen molar-refractivity contribution in [1.82, 2.24) is 9.97 Å². The first-order chi connectivity index (χ1) is 20.3. The molecule has 0 radical (unpaired) electrons. The molecule has 2 atom stereocenters. The van der Waals surface area contributed by atoms with Gasteiger partial charge in [-0.3, -0.25) is 4.98 Å². The first-order valence-electron chi connectivity index (χ1n) is 13.7. The van der Waals surface area contributed by atoms with Gasteiger partial charge in [0.05, 0.1) is 16.1 Å². The summed E-state index contributed by atoms with van der Waals surface area (Å²) in [6.07, 6.45) is 9.98. The van der Waals surface area contributed by atoms with E-state index in [9.17, 15) is 9.18 Å². The van der Waals surface area contributed by atoms with Crippen LogP contribution < -0.4 is 0 Å². The van der Waals surface area contributed by atoms with Crippen LogP contribution in [0, 0.1) is 11.2 Å². The van der Waals surface area contributed by atoms with E-state index >= 15 is 0 Å². The second kappa shape index (κ2) is 11.0. The third-order valence-corrected chi connectivity index (χ3v) is 8.48. The molecule has 0 fully saturated rings. The lowest BCUT2D eigenvalue weighted by Crippen LogP contribution is -2.23. The number of nitrogens with zero attached hydrogens (tertiary/aromatic N) is 2. The summed E-state index contributed by atoms with van der Waals surface area (Å²) in [5.74, 6) is -1.22. The van der Waals surface area contributed by atoms with E-state index in [2.05, 4.69) is 72.0 Å². The lowest BCUT2D eigenvalue weighted by atomic mass is 9.66. The van der Waals surface area contributed by atoms with Crippen molar-refractivity contribution in [2.45, 2.75) is 25.7 Å². The molecular formula is C36H28ClFN2O2. The van der Waals surface area contributed by atoms with Gasteiger partial charge in [0.15, 0.2) is 0 Å². The van der Waals surface area contributed by atoms with Gasteiger partial charge in [-0.05, 0) is 82.3 Å². The van der Waals surface area contributed by atoms with Crippen LogP contribution in [0.4, 0.5) is 4.39 Å². The summed E-state index contributed by atoms with van der Waals surface area (Å²) < 4.78 is 13.9. The molecule has 7 rings (SSSR count). The molecule has 3 aromatic carbocycles. The Kier molecular flexibility index (Phi) is 7.21. The lowest BCUT2D eigenvalue weighted by Gasteiger charge is -2.38. The molecular weight excluding hydrogens is 547 g/mol. The average molecular weight is 575 g/mol. The number of rotatable bonds is 3. The number of carbonyl (C=O) groups is 1. The summed E-state index contributed by atoms with van der Waals surface area (Å²) >= 11 is 6.17. The Labute approximate surface area is 248 Å². The molecule has 5 aromatic rings. The van der Waals surface area contributed by atoms with Gasteiger partial charge in [0.25, 0.3) is 0 Å². The number of pyridine rings is 2. The molecule has 2 aliphatic rings. The monoisotopic (exact) mass is 574 g/mol. The van der Waals surface area contributed by atoms with Gasteiger partial charge in [0.1, 0.15) is 11.5 Å². The average Bonchev–Trinajstić information content (AvgIpc) is 3.01. The van der Waals surface area contributed by atoms with Crippen LogP contribution >= 0.6 is 11.6 Å². The third kappa shape index (κ3) is 5.12. The number of carboxylic acids is 1. The molecule has 4 nitrogen and oxygen atoms in total. The number of allylic oxidation sites excluding steroid dienone is 5. The maximum atomic E-state index is 13.9. The van der Waals surface area contributed by atoms with E-state index in [-0.39, 0.29) is 27.9 Å². The fraction of sp³-hybridized carbons (Fsp3) is 0.139. The zero-order chi connectivity index (χ0) is 29.4. The fourth-order valence-corrected chi connectivity index (χ4v) is 6.11. The van der Waals surface area contributed by atoms with Crippen LogP contribution in [0.5, 0.6) is 0 Å². The Morgan fingerprint density at radius 2 is 1.90 bits per heavy atom. The van der Waals surface area contributed by atoms with Crippen molar-refractivity contribution in [3.05, 3.63) is 149 Å². The predicted molar refractivity (Wildman–Crippen MR) is 167 cm³/mol. The smallest absolute Gasteiger partial charge is 0.354 e. The zero-order valence-corrected chi connectivity index (χ0v) is 23.8. The molecule has 1 N–H and O–H groups in total. The molecule has 2 unspecified atom stereocenters. The van der Waals surface area contributed by atoms with Gasteiger partial charge in [0.2, 0.25) is 0 Å². The van der Waals surface area contributed by atoms with Crippen LogP contribution in [-0.4, -0.2) is 21.0 Å². The summed E-state index contributed by atoms with van der Waals surface area (Å²) in [5, 5.41) is 11.4. The van der Waals surface area contributed by atoms with Crippen LogP contribution in [0.3, 0.4) is 0 Å². The molecule has 0 saturated heterocycles. The van der Waals surface area contributed by atoms with E-state index in [0.717, 1.165) is 18.4 Å². The third-order valence-electron chi connectivity index (χ3n) is 8.20. The molecule has 0 aliphatic heterocycles. The quantitative estimate of drug-likeness (QED) is 0.218. The summed E-state index contributed by atoms with van der Waals surface area (Å²) in [7, 11) is 0. The van der Waals surface area contributed by atoms with E-state index in [4.69, 9.17) is 16.7 Å². The van der Waals surface area contributed by atoms with Crippen molar-refractivity contribution in [2.24, 2.45) is 5.41 Å². The zero-order valence-electron chi connectivity index (χ0n) is 23.0. The fourth-order valence-electron chi connectivity index (χ4n) is 5.92. The highest BCUT2D eigenvalue weighted by Crippen LogP contribution is 2.50. The maximum Gasteiger partial charge on any atom is 0.354 e. The minimum absolute atomic E-state index is 0.0421. The number of benzene rings is 3. The Hall–Kier alpha value is -4.61. The first kappa shape index (κ1) is 27.6. The number of halogens is 2. The van der Waals surface area contributed by atoms with E-state index in [1.165, 1.54) is 45.2 Å². The summed E-state index contributed by atoms with van der Waals surface area (Å²) in [6, 6.07) is 24.7. The normalized spacial score (nSPS) is 19.1. The van der Waals surface area contributed by atoms with Gasteiger partial charge in [-0.25, -0.2) is 14.2 Å². The number of aromatic carboxylic acids is 1. The molecule has 2 heterocycles. The number of aromatic nitrogens is 2. The van der Waals surface area contributed by atoms with Crippen molar-refractivity contribution >= 4 is 44.9 Å². The molecule has 0 bridgehead atoms. The summed E-state index contributed by atoms with van der Waals surface area (Å²) in [4.78, 5) is 18.5. The Bertz CT molecular complexity index is 1950. The minimum atomic E-state index is -1.02. The van der Waals surface area contributed by atoms with Crippen molar-refractivity contribution in [3.8, 4) is 0 Å². The van der Waals surface area contributed by atoms with E-state index in [0.29, 0.717) is 11.0 Å². The highest BCUT2D eigenvalue weighted by atomic mass is 35.5. The van der Waals surface area contributed by atoms with Crippen molar-refractivity contribution in [1.29, 1.82) is 0 Å². The van der Waals surface area contributed by atoms with Gasteiger partial charge >= 0.3 is 5.97 Å². The Balaban J connectivity index is 0.000000203. The SMILES string of the molecule is C=CC1(C)C=CC2=C(C1)C(c1ccc(F)c(Cl)c1)Cc1c2ccc2ccccc12.O=C(O)c1ccc2ncccc2n1. The second-order valence-corrected chi connectivity index (χ2v) is 11.4. The molecule has 6 heteroatoms. The van der Waals surface area contributed by atoms with Crippen molar-refractivity contribution in [2.75, 3.05) is 0 Å². The van der Waals surface area contributed by atoms with Gasteiger partial charge in [-0.15, -0.1) is 6.58 Å². The molecule has 0 spiro atoms. The number of hydrogen-bond donors (Lipinski definition) is 1. The van der Waals surface area contributed by atoms with Crippen LogP contribution in [-0.2, 0) is 6.42 Å². The van der Waals surface area contributed by atoms with Gasteiger partial charge < -0.3 is 5.11 Å². The van der Waals surface area contributed by atoms with Crippen molar-refractivity contribution < 1.29 is 14.3 Å². The number of fused-ring (bicyclic) bond motifs is 5. The molecule has 0 amide bonds. The number of hydrogen-bond acceptors (Lipinski definition) is 3. The van der Waals surface area contributed by atoms with Crippen molar-refractivity contribution in [3.63, 3.8) is 0 Å². The highest BCUT2D eigenvalue weighted by molar-refractivity contribution is 6.30. The lowest BCUT2D eigenvalue weighted by molar-refractivity contribution is 0.0691. The molecule has 0 saturated carbocycles. The predicted octanol–water partition coefficient (Wildman–Crippen LogP) is 9.21. The molecule has 2 aromatic heterocycles. The maximum absolute atomic E-state index is 13.9. The summed E-state index contributed by atoms with van der Waals surface area (Å²) in [5.41, 5.74) is 7.70. The highest BCUT2D eigenvalue weighted by Gasteiger charge is 2.34. The van der Waals surface area contributed by atoms with Crippen LogP contribution in [0.1, 0.15) is 46.4 Å². The van der Waals surface area contributed by atoms with Gasteiger partial charge in [-0.2, -0.15) is 0 Å². The van der Waals surface area contributed by atoms with E-state index < -0.39 is 5.97 Å². The van der Waals surface area contributed by atoms with Crippen LogP contribution in [0.25, 0.3) is 27.4 Å². The van der Waals surface area contributed by atoms with Crippen LogP contribution in [0.2, 0.25) is 5.02 Å². The number of carboxylic acid groups (broad SMARTS) is 1. The Morgan fingerprint density at radius 3 is 2.69 bits per heavy atom. The largest absolute Gasteiger partial charge is 0.477 e. The van der Waals surface area contributed by atoms with E-state index in [1.807, 2.05) is 12.1 Å².